The normalized spacial score (nSPS) is 15.3. The van der Waals surface area contributed by atoms with Crippen LogP contribution in [-0.4, -0.2) is 46.8 Å². The summed E-state index contributed by atoms with van der Waals surface area (Å²) >= 11 is 0. The molecule has 1 fully saturated rings. The Hall–Kier alpha value is -4.53. The predicted octanol–water partition coefficient (Wildman–Crippen LogP) is 2.21. The Labute approximate surface area is 189 Å². The van der Waals surface area contributed by atoms with E-state index in [1.54, 1.807) is 60.7 Å². The van der Waals surface area contributed by atoms with Crippen molar-refractivity contribution in [1.29, 1.82) is 0 Å². The molecule has 1 aliphatic heterocycles. The number of hydrazine groups is 1. The van der Waals surface area contributed by atoms with Crippen LogP contribution < -0.4 is 15.1 Å². The molecule has 1 saturated heterocycles. The maximum atomic E-state index is 13.3. The van der Waals surface area contributed by atoms with Crippen LogP contribution in [0.4, 0.5) is 5.69 Å². The van der Waals surface area contributed by atoms with Crippen molar-refractivity contribution in [3.05, 3.63) is 90.3 Å². The summed E-state index contributed by atoms with van der Waals surface area (Å²) in [5, 5.41) is 0.925. The molecule has 0 radical (unpaired) electrons. The molecule has 4 amide bonds. The number of ether oxygens (including phenoxy) is 1. The number of pyridine rings is 1. The Morgan fingerprint density at radius 3 is 2.33 bits per heavy atom. The number of hydrogen-bond acceptors (Lipinski definition) is 6. The van der Waals surface area contributed by atoms with Crippen LogP contribution in [0.2, 0.25) is 0 Å². The summed E-state index contributed by atoms with van der Waals surface area (Å²) in [4.78, 5) is 57.0. The van der Waals surface area contributed by atoms with E-state index in [2.05, 4.69) is 10.4 Å². The Kier molecular flexibility index (Phi) is 6.12. The fraction of sp³-hybridized carbons (Fsp3) is 0.125. The smallest absolute Gasteiger partial charge is 0.273 e. The zero-order valence-corrected chi connectivity index (χ0v) is 17.7. The molecule has 1 atom stereocenters. The number of carbonyl (C=O) groups excluding carboxylic acids is 4. The average molecular weight is 444 g/mol. The lowest BCUT2D eigenvalue weighted by atomic mass is 10.1. The Morgan fingerprint density at radius 2 is 1.70 bits per heavy atom. The molecule has 1 unspecified atom stereocenters. The molecule has 2 heterocycles. The Morgan fingerprint density at radius 1 is 1.00 bits per heavy atom. The van der Waals surface area contributed by atoms with Gasteiger partial charge in [-0.25, -0.2) is 9.91 Å². The highest BCUT2D eigenvalue weighted by atomic mass is 16.5. The molecule has 1 N–H and O–H groups in total. The largest absolute Gasteiger partial charge is 0.497 e. The number of aromatic nitrogens is 1. The molecule has 0 bridgehead atoms. The van der Waals surface area contributed by atoms with Gasteiger partial charge >= 0.3 is 0 Å². The fourth-order valence-electron chi connectivity index (χ4n) is 3.48. The number of amides is 4. The molecule has 1 aromatic heterocycles. The molecule has 33 heavy (non-hydrogen) atoms. The van der Waals surface area contributed by atoms with Gasteiger partial charge in [0.1, 0.15) is 11.8 Å². The molecule has 166 valence electrons. The summed E-state index contributed by atoms with van der Waals surface area (Å²) in [6.45, 7) is 0. The lowest BCUT2D eigenvalue weighted by Crippen LogP contribution is -2.54. The van der Waals surface area contributed by atoms with E-state index >= 15 is 0 Å². The van der Waals surface area contributed by atoms with Crippen molar-refractivity contribution in [1.82, 2.24) is 15.4 Å². The van der Waals surface area contributed by atoms with Gasteiger partial charge in [-0.3, -0.25) is 29.6 Å². The molecule has 3 aromatic rings. The SMILES string of the molecule is COc1ccc(N2C(=O)CC(N(NC(=O)c3cccnc3)C(=O)c3ccccc3)C2=O)cc1. The summed E-state index contributed by atoms with van der Waals surface area (Å²) in [7, 11) is 1.51. The minimum Gasteiger partial charge on any atom is -0.497 e. The summed E-state index contributed by atoms with van der Waals surface area (Å²) < 4.78 is 5.12. The molecule has 0 spiro atoms. The van der Waals surface area contributed by atoms with Crippen LogP contribution in [0.25, 0.3) is 0 Å². The average Bonchev–Trinajstić information content (AvgIpc) is 3.16. The lowest BCUT2D eigenvalue weighted by Gasteiger charge is -2.28. The van der Waals surface area contributed by atoms with E-state index in [-0.39, 0.29) is 17.5 Å². The highest BCUT2D eigenvalue weighted by molar-refractivity contribution is 6.23. The van der Waals surface area contributed by atoms with Crippen molar-refractivity contribution in [3.8, 4) is 5.75 Å². The second-order valence-corrected chi connectivity index (χ2v) is 7.21. The van der Waals surface area contributed by atoms with Gasteiger partial charge in [0.05, 0.1) is 24.8 Å². The van der Waals surface area contributed by atoms with Crippen molar-refractivity contribution < 1.29 is 23.9 Å². The maximum absolute atomic E-state index is 13.3. The van der Waals surface area contributed by atoms with Gasteiger partial charge in [0.15, 0.2) is 0 Å². The van der Waals surface area contributed by atoms with Crippen LogP contribution >= 0.6 is 0 Å². The van der Waals surface area contributed by atoms with Crippen LogP contribution in [-0.2, 0) is 9.59 Å². The molecular weight excluding hydrogens is 424 g/mol. The predicted molar refractivity (Wildman–Crippen MR) is 118 cm³/mol. The molecule has 1 aliphatic rings. The number of hydrogen-bond donors (Lipinski definition) is 1. The third-order valence-corrected chi connectivity index (χ3v) is 5.15. The van der Waals surface area contributed by atoms with Crippen molar-refractivity contribution in [2.24, 2.45) is 0 Å². The van der Waals surface area contributed by atoms with E-state index in [0.717, 1.165) is 9.91 Å². The Balaban J connectivity index is 1.65. The first-order valence-corrected chi connectivity index (χ1v) is 10.1. The molecule has 0 saturated carbocycles. The Bertz CT molecular complexity index is 1180. The number of rotatable bonds is 5. The maximum Gasteiger partial charge on any atom is 0.273 e. The summed E-state index contributed by atoms with van der Waals surface area (Å²) in [6.07, 6.45) is 2.57. The molecule has 9 heteroatoms. The van der Waals surface area contributed by atoms with Gasteiger partial charge in [-0.2, -0.15) is 0 Å². The first kappa shape index (κ1) is 21.7. The van der Waals surface area contributed by atoms with Crippen molar-refractivity contribution in [2.45, 2.75) is 12.5 Å². The molecule has 4 rings (SSSR count). The van der Waals surface area contributed by atoms with Crippen molar-refractivity contribution in [3.63, 3.8) is 0 Å². The second-order valence-electron chi connectivity index (χ2n) is 7.21. The van der Waals surface area contributed by atoms with E-state index in [0.29, 0.717) is 11.4 Å². The van der Waals surface area contributed by atoms with E-state index in [4.69, 9.17) is 4.74 Å². The van der Waals surface area contributed by atoms with Crippen LogP contribution in [0.1, 0.15) is 27.1 Å². The minimum atomic E-state index is -1.21. The van der Waals surface area contributed by atoms with Gasteiger partial charge in [0.2, 0.25) is 5.91 Å². The van der Waals surface area contributed by atoms with E-state index < -0.39 is 29.7 Å². The van der Waals surface area contributed by atoms with Gasteiger partial charge in [0, 0.05) is 18.0 Å². The molecular formula is C24H20N4O5. The fourth-order valence-corrected chi connectivity index (χ4v) is 3.48. The van der Waals surface area contributed by atoms with Gasteiger partial charge in [-0.1, -0.05) is 18.2 Å². The van der Waals surface area contributed by atoms with Crippen LogP contribution in [0.15, 0.2) is 79.1 Å². The van der Waals surface area contributed by atoms with Gasteiger partial charge in [0.25, 0.3) is 17.7 Å². The summed E-state index contributed by atoms with van der Waals surface area (Å²) in [6, 6.07) is 16.5. The number of methoxy groups -OCH3 is 1. The third-order valence-electron chi connectivity index (χ3n) is 5.15. The third kappa shape index (κ3) is 4.42. The second kappa shape index (κ2) is 9.31. The first-order valence-electron chi connectivity index (χ1n) is 10.1. The van der Waals surface area contributed by atoms with E-state index in [1.165, 1.54) is 25.6 Å². The number of benzene rings is 2. The van der Waals surface area contributed by atoms with Crippen LogP contribution in [0.3, 0.4) is 0 Å². The number of nitrogens with zero attached hydrogens (tertiary/aromatic N) is 3. The van der Waals surface area contributed by atoms with Gasteiger partial charge < -0.3 is 4.74 Å². The monoisotopic (exact) mass is 444 g/mol. The number of anilines is 1. The summed E-state index contributed by atoms with van der Waals surface area (Å²) in [5.74, 6) is -1.79. The zero-order chi connectivity index (χ0) is 23.4. The van der Waals surface area contributed by atoms with Gasteiger partial charge in [-0.15, -0.1) is 0 Å². The topological polar surface area (TPSA) is 109 Å². The quantitative estimate of drug-likeness (QED) is 0.477. The number of nitrogens with one attached hydrogen (secondary N) is 1. The van der Waals surface area contributed by atoms with Crippen LogP contribution in [0.5, 0.6) is 5.75 Å². The molecule has 2 aromatic carbocycles. The lowest BCUT2D eigenvalue weighted by molar-refractivity contribution is -0.122. The zero-order valence-electron chi connectivity index (χ0n) is 17.7. The van der Waals surface area contributed by atoms with Crippen LogP contribution in [0, 0.1) is 0 Å². The van der Waals surface area contributed by atoms with Crippen molar-refractivity contribution in [2.75, 3.05) is 12.0 Å². The number of imide groups is 1. The summed E-state index contributed by atoms with van der Waals surface area (Å²) in [5.41, 5.74) is 3.30. The van der Waals surface area contributed by atoms with Crippen molar-refractivity contribution >= 4 is 29.3 Å². The standard InChI is InChI=1S/C24H20N4O5/c1-33-19-11-9-18(10-12-19)27-21(29)14-20(24(27)32)28(23(31)16-6-3-2-4-7-16)26-22(30)17-8-5-13-25-15-17/h2-13,15,20H,14H2,1H3,(H,26,30). The van der Waals surface area contributed by atoms with E-state index in [1.807, 2.05) is 0 Å². The highest BCUT2D eigenvalue weighted by Gasteiger charge is 2.45. The van der Waals surface area contributed by atoms with E-state index in [9.17, 15) is 19.2 Å². The molecule has 9 nitrogen and oxygen atoms in total. The number of carbonyl (C=O) groups is 4. The van der Waals surface area contributed by atoms with Gasteiger partial charge in [-0.05, 0) is 48.5 Å². The highest BCUT2D eigenvalue weighted by Crippen LogP contribution is 2.27. The molecule has 0 aliphatic carbocycles. The first-order chi connectivity index (χ1) is 16.0. The minimum absolute atomic E-state index is 0.201.